The summed E-state index contributed by atoms with van der Waals surface area (Å²) in [5, 5.41) is 10.9. The van der Waals surface area contributed by atoms with E-state index in [1.165, 1.54) is 23.9 Å². The number of halogens is 1. The van der Waals surface area contributed by atoms with E-state index in [0.29, 0.717) is 47.8 Å². The average Bonchev–Trinajstić information content (AvgIpc) is 3.22. The molecular formula is C15H16FN5O3S. The maximum atomic E-state index is 13.0. The van der Waals surface area contributed by atoms with Crippen LogP contribution in [0.1, 0.15) is 12.2 Å². The third-order valence-electron chi connectivity index (χ3n) is 3.34. The van der Waals surface area contributed by atoms with Crippen LogP contribution in [0.4, 0.5) is 4.39 Å². The van der Waals surface area contributed by atoms with E-state index in [9.17, 15) is 9.18 Å². The summed E-state index contributed by atoms with van der Waals surface area (Å²) in [4.78, 5) is 16.0. The fraction of sp³-hybridized carbons (Fsp3) is 0.333. The van der Waals surface area contributed by atoms with Crippen molar-refractivity contribution in [1.29, 1.82) is 0 Å². The van der Waals surface area contributed by atoms with E-state index in [0.717, 1.165) is 0 Å². The number of aromatic amines is 1. The van der Waals surface area contributed by atoms with Crippen LogP contribution in [0.5, 0.6) is 0 Å². The minimum Gasteiger partial charge on any atom is -0.385 e. The van der Waals surface area contributed by atoms with Crippen LogP contribution in [-0.4, -0.2) is 38.6 Å². The molecule has 3 rings (SSSR count). The van der Waals surface area contributed by atoms with Crippen LogP contribution in [0.15, 0.2) is 38.7 Å². The number of nitrogens with zero attached hydrogens (tertiary/aromatic N) is 4. The molecule has 0 radical (unpaired) electrons. The van der Waals surface area contributed by atoms with Crippen LogP contribution in [0.3, 0.4) is 0 Å². The van der Waals surface area contributed by atoms with Crippen molar-refractivity contribution in [2.75, 3.05) is 13.7 Å². The predicted octanol–water partition coefficient (Wildman–Crippen LogP) is 2.09. The summed E-state index contributed by atoms with van der Waals surface area (Å²) in [5.74, 6) is 0.835. The molecule has 3 aromatic rings. The van der Waals surface area contributed by atoms with Crippen LogP contribution in [0, 0.1) is 5.82 Å². The Bertz CT molecular complexity index is 874. The predicted molar refractivity (Wildman–Crippen MR) is 88.6 cm³/mol. The first-order valence-electron chi connectivity index (χ1n) is 7.53. The Balaban J connectivity index is 1.65. The molecule has 0 saturated heterocycles. The lowest BCUT2D eigenvalue weighted by atomic mass is 10.2. The molecule has 0 saturated carbocycles. The summed E-state index contributed by atoms with van der Waals surface area (Å²) >= 11 is 1.32. The molecule has 0 fully saturated rings. The molecular weight excluding hydrogens is 349 g/mol. The molecule has 0 spiro atoms. The van der Waals surface area contributed by atoms with Crippen LogP contribution < -0.4 is 5.69 Å². The van der Waals surface area contributed by atoms with Gasteiger partial charge in [0.25, 0.3) is 5.89 Å². The van der Waals surface area contributed by atoms with Crippen molar-refractivity contribution in [3.8, 4) is 11.5 Å². The molecule has 1 aromatic carbocycles. The minimum absolute atomic E-state index is 0.265. The fourth-order valence-electron chi connectivity index (χ4n) is 2.13. The SMILES string of the molecule is COCCCn1c(SCc2noc(-c3ccc(F)cc3)n2)n[nH]c1=O. The van der Waals surface area contributed by atoms with E-state index in [4.69, 9.17) is 9.26 Å². The highest BCUT2D eigenvalue weighted by Crippen LogP contribution is 2.22. The van der Waals surface area contributed by atoms with Gasteiger partial charge < -0.3 is 9.26 Å². The number of H-pyrrole nitrogens is 1. The number of rotatable bonds is 8. The first kappa shape index (κ1) is 17.4. The fourth-order valence-corrected chi connectivity index (χ4v) is 2.94. The molecule has 1 N–H and O–H groups in total. The molecule has 0 unspecified atom stereocenters. The number of benzene rings is 1. The molecule has 0 amide bonds. The molecule has 2 aromatic heterocycles. The zero-order valence-electron chi connectivity index (χ0n) is 13.4. The average molecular weight is 365 g/mol. The third kappa shape index (κ3) is 4.34. The quantitative estimate of drug-likeness (QED) is 0.482. The van der Waals surface area contributed by atoms with Gasteiger partial charge in [-0.05, 0) is 30.7 Å². The van der Waals surface area contributed by atoms with Gasteiger partial charge in [-0.2, -0.15) is 4.98 Å². The van der Waals surface area contributed by atoms with E-state index in [-0.39, 0.29) is 11.5 Å². The van der Waals surface area contributed by atoms with Gasteiger partial charge >= 0.3 is 5.69 Å². The normalized spacial score (nSPS) is 11.1. The third-order valence-corrected chi connectivity index (χ3v) is 4.32. The molecule has 0 atom stereocenters. The Morgan fingerprint density at radius 2 is 2.16 bits per heavy atom. The van der Waals surface area contributed by atoms with Crippen molar-refractivity contribution in [3.05, 3.63) is 46.4 Å². The molecule has 0 bridgehead atoms. The Kier molecular flexibility index (Phi) is 5.61. The second-order valence-electron chi connectivity index (χ2n) is 5.12. The molecule has 0 aliphatic rings. The smallest absolute Gasteiger partial charge is 0.343 e. The Morgan fingerprint density at radius 1 is 1.36 bits per heavy atom. The highest BCUT2D eigenvalue weighted by molar-refractivity contribution is 7.98. The van der Waals surface area contributed by atoms with E-state index in [1.54, 1.807) is 23.8 Å². The number of nitrogens with one attached hydrogen (secondary N) is 1. The van der Waals surface area contributed by atoms with Gasteiger partial charge in [0.05, 0.1) is 5.75 Å². The largest absolute Gasteiger partial charge is 0.385 e. The molecule has 132 valence electrons. The topological polar surface area (TPSA) is 98.8 Å². The Morgan fingerprint density at radius 3 is 2.92 bits per heavy atom. The Labute approximate surface area is 146 Å². The van der Waals surface area contributed by atoms with Crippen molar-refractivity contribution in [2.45, 2.75) is 23.9 Å². The highest BCUT2D eigenvalue weighted by atomic mass is 32.2. The van der Waals surface area contributed by atoms with Crippen LogP contribution in [0.25, 0.3) is 11.5 Å². The summed E-state index contributed by atoms with van der Waals surface area (Å²) in [6.07, 6.45) is 0.709. The molecule has 8 nitrogen and oxygen atoms in total. The van der Waals surface area contributed by atoms with Gasteiger partial charge in [-0.15, -0.1) is 5.10 Å². The maximum absolute atomic E-state index is 13.0. The molecule has 0 aliphatic heterocycles. The summed E-state index contributed by atoms with van der Waals surface area (Å²) in [5.41, 5.74) is 0.375. The number of hydrogen-bond donors (Lipinski definition) is 1. The lowest BCUT2D eigenvalue weighted by Gasteiger charge is -2.03. The molecule has 10 heteroatoms. The lowest BCUT2D eigenvalue weighted by molar-refractivity contribution is 0.189. The summed E-state index contributed by atoms with van der Waals surface area (Å²) < 4.78 is 24.7. The monoisotopic (exact) mass is 365 g/mol. The second-order valence-corrected chi connectivity index (χ2v) is 6.06. The second kappa shape index (κ2) is 8.08. The van der Waals surface area contributed by atoms with Gasteiger partial charge in [0.15, 0.2) is 11.0 Å². The molecule has 0 aliphatic carbocycles. The maximum Gasteiger partial charge on any atom is 0.343 e. The van der Waals surface area contributed by atoms with Gasteiger partial charge in [-0.3, -0.25) is 4.57 Å². The summed E-state index contributed by atoms with van der Waals surface area (Å²) in [7, 11) is 1.61. The van der Waals surface area contributed by atoms with Gasteiger partial charge in [0.2, 0.25) is 0 Å². The number of thioether (sulfide) groups is 1. The number of aromatic nitrogens is 5. The zero-order chi connectivity index (χ0) is 17.6. The van der Waals surface area contributed by atoms with Crippen molar-refractivity contribution in [1.82, 2.24) is 24.9 Å². The van der Waals surface area contributed by atoms with Crippen molar-refractivity contribution in [3.63, 3.8) is 0 Å². The highest BCUT2D eigenvalue weighted by Gasteiger charge is 2.13. The van der Waals surface area contributed by atoms with Crippen LogP contribution in [0.2, 0.25) is 0 Å². The van der Waals surface area contributed by atoms with E-state index >= 15 is 0 Å². The minimum atomic E-state index is -0.330. The van der Waals surface area contributed by atoms with Crippen molar-refractivity contribution < 1.29 is 13.7 Å². The summed E-state index contributed by atoms with van der Waals surface area (Å²) in [6, 6.07) is 5.80. The lowest BCUT2D eigenvalue weighted by Crippen LogP contribution is -2.18. The van der Waals surface area contributed by atoms with E-state index in [2.05, 4.69) is 20.3 Å². The number of ether oxygens (including phenoxy) is 1. The summed E-state index contributed by atoms with van der Waals surface area (Å²) in [6.45, 7) is 1.08. The van der Waals surface area contributed by atoms with Gasteiger partial charge in [0, 0.05) is 25.8 Å². The Hall–Kier alpha value is -2.46. The first-order valence-corrected chi connectivity index (χ1v) is 8.51. The van der Waals surface area contributed by atoms with Crippen LogP contribution >= 0.6 is 11.8 Å². The van der Waals surface area contributed by atoms with Crippen molar-refractivity contribution in [2.24, 2.45) is 0 Å². The number of methoxy groups -OCH3 is 1. The van der Waals surface area contributed by atoms with Gasteiger partial charge in [0.1, 0.15) is 5.82 Å². The molecule has 25 heavy (non-hydrogen) atoms. The van der Waals surface area contributed by atoms with Crippen LogP contribution in [-0.2, 0) is 17.0 Å². The van der Waals surface area contributed by atoms with Gasteiger partial charge in [-0.1, -0.05) is 16.9 Å². The number of hydrogen-bond acceptors (Lipinski definition) is 7. The zero-order valence-corrected chi connectivity index (χ0v) is 14.3. The van der Waals surface area contributed by atoms with E-state index in [1.807, 2.05) is 0 Å². The first-order chi connectivity index (χ1) is 12.2. The molecule has 2 heterocycles. The van der Waals surface area contributed by atoms with Gasteiger partial charge in [-0.25, -0.2) is 14.3 Å². The van der Waals surface area contributed by atoms with Crippen molar-refractivity contribution >= 4 is 11.8 Å². The van der Waals surface area contributed by atoms with E-state index < -0.39 is 0 Å². The standard InChI is InChI=1S/C15H16FN5O3S/c1-23-8-2-7-21-14(22)18-19-15(21)25-9-12-17-13(24-20-12)10-3-5-11(16)6-4-10/h3-6H,2,7-9H2,1H3,(H,18,22).